The third kappa shape index (κ3) is 3.38. The molecule has 0 saturated carbocycles. The zero-order valence-electron chi connectivity index (χ0n) is 7.50. The van der Waals surface area contributed by atoms with E-state index in [1.165, 1.54) is 0 Å². The third-order valence-electron chi connectivity index (χ3n) is 1.54. The summed E-state index contributed by atoms with van der Waals surface area (Å²) < 4.78 is 5.61. The second-order valence-electron chi connectivity index (χ2n) is 3.86. The molecule has 0 spiro atoms. The zero-order valence-corrected chi connectivity index (χ0v) is 7.50. The summed E-state index contributed by atoms with van der Waals surface area (Å²) in [7, 11) is 0. The highest BCUT2D eigenvalue weighted by Crippen LogP contribution is 2.14. The van der Waals surface area contributed by atoms with Crippen LogP contribution in [-0.2, 0) is 4.74 Å². The van der Waals surface area contributed by atoms with E-state index in [1.807, 2.05) is 0 Å². The molecule has 0 aromatic carbocycles. The number of ether oxygens (including phenoxy) is 1. The summed E-state index contributed by atoms with van der Waals surface area (Å²) in [6, 6.07) is 0. The van der Waals surface area contributed by atoms with E-state index in [9.17, 15) is 0 Å². The third-order valence-corrected chi connectivity index (χ3v) is 1.54. The quantitative estimate of drug-likeness (QED) is 0.591. The van der Waals surface area contributed by atoms with Crippen LogP contribution in [0.3, 0.4) is 0 Å². The lowest BCUT2D eigenvalue weighted by Gasteiger charge is -2.20. The molecule has 0 heterocycles. The van der Waals surface area contributed by atoms with Crippen LogP contribution in [0.25, 0.3) is 0 Å². The topological polar surface area (TPSA) is 9.23 Å². The van der Waals surface area contributed by atoms with E-state index in [-0.39, 0.29) is 5.60 Å². The second kappa shape index (κ2) is 3.22. The molecule has 0 saturated heterocycles. The van der Waals surface area contributed by atoms with Gasteiger partial charge in [-0.25, -0.2) is 0 Å². The average Bonchev–Trinajstić information content (AvgIpc) is 2.32. The molecular formula is C10H16O. The molecular weight excluding hydrogens is 136 g/mol. The van der Waals surface area contributed by atoms with Crippen LogP contribution in [0.5, 0.6) is 0 Å². The molecule has 0 amide bonds. The lowest BCUT2D eigenvalue weighted by atomic mass is 10.1. The molecule has 0 radical (unpaired) electrons. The van der Waals surface area contributed by atoms with Gasteiger partial charge in [0.05, 0.1) is 12.2 Å². The summed E-state index contributed by atoms with van der Waals surface area (Å²) in [6.45, 7) is 7.04. The maximum atomic E-state index is 5.61. The number of hydrogen-bond acceptors (Lipinski definition) is 1. The number of hydrogen-bond donors (Lipinski definition) is 0. The van der Waals surface area contributed by atoms with Crippen molar-refractivity contribution in [2.24, 2.45) is 5.92 Å². The summed E-state index contributed by atoms with van der Waals surface area (Å²) in [5.41, 5.74) is -0.00965. The van der Waals surface area contributed by atoms with Crippen LogP contribution in [0.15, 0.2) is 24.3 Å². The smallest absolute Gasteiger partial charge is 0.0598 e. The lowest BCUT2D eigenvalue weighted by Crippen LogP contribution is -2.22. The SMILES string of the molecule is CC(C)(C)OCC1C=CC=C1. The van der Waals surface area contributed by atoms with Gasteiger partial charge in [0.15, 0.2) is 0 Å². The van der Waals surface area contributed by atoms with Crippen molar-refractivity contribution in [1.82, 2.24) is 0 Å². The minimum absolute atomic E-state index is 0.00965. The molecule has 0 aromatic heterocycles. The van der Waals surface area contributed by atoms with Gasteiger partial charge in [0.2, 0.25) is 0 Å². The Morgan fingerprint density at radius 2 is 1.73 bits per heavy atom. The Kier molecular flexibility index (Phi) is 2.50. The number of rotatable bonds is 2. The summed E-state index contributed by atoms with van der Waals surface area (Å²) >= 11 is 0. The Hall–Kier alpha value is -0.560. The van der Waals surface area contributed by atoms with Gasteiger partial charge in [0, 0.05) is 5.92 Å². The molecule has 0 bridgehead atoms. The first-order valence-electron chi connectivity index (χ1n) is 4.07. The molecule has 1 rings (SSSR count). The fourth-order valence-corrected chi connectivity index (χ4v) is 0.935. The van der Waals surface area contributed by atoms with Gasteiger partial charge in [-0.15, -0.1) is 0 Å². The summed E-state index contributed by atoms with van der Waals surface area (Å²) in [5, 5.41) is 0. The first kappa shape index (κ1) is 8.54. The van der Waals surface area contributed by atoms with E-state index < -0.39 is 0 Å². The van der Waals surface area contributed by atoms with E-state index >= 15 is 0 Å². The largest absolute Gasteiger partial charge is 0.375 e. The van der Waals surface area contributed by atoms with Crippen LogP contribution < -0.4 is 0 Å². The van der Waals surface area contributed by atoms with Crippen LogP contribution in [0.4, 0.5) is 0 Å². The molecule has 1 aliphatic rings. The van der Waals surface area contributed by atoms with Crippen molar-refractivity contribution in [2.75, 3.05) is 6.61 Å². The van der Waals surface area contributed by atoms with E-state index in [1.54, 1.807) is 0 Å². The maximum Gasteiger partial charge on any atom is 0.0598 e. The molecule has 11 heavy (non-hydrogen) atoms. The highest BCUT2D eigenvalue weighted by atomic mass is 16.5. The summed E-state index contributed by atoms with van der Waals surface area (Å²) in [5.74, 6) is 0.495. The standard InChI is InChI=1S/C10H16O/c1-10(2,3)11-8-9-6-4-5-7-9/h4-7,9H,8H2,1-3H3. The molecule has 0 atom stereocenters. The molecule has 0 aromatic rings. The summed E-state index contributed by atoms with van der Waals surface area (Å²) in [4.78, 5) is 0. The Labute approximate surface area is 68.8 Å². The van der Waals surface area contributed by atoms with Crippen molar-refractivity contribution < 1.29 is 4.74 Å². The van der Waals surface area contributed by atoms with E-state index in [4.69, 9.17) is 4.74 Å². The van der Waals surface area contributed by atoms with Crippen molar-refractivity contribution in [2.45, 2.75) is 26.4 Å². The van der Waals surface area contributed by atoms with Gasteiger partial charge in [-0.3, -0.25) is 0 Å². The van der Waals surface area contributed by atoms with E-state index in [0.717, 1.165) is 6.61 Å². The van der Waals surface area contributed by atoms with Crippen LogP contribution in [0, 0.1) is 5.92 Å². The molecule has 1 aliphatic carbocycles. The molecule has 62 valence electrons. The zero-order chi connectivity index (χ0) is 8.32. The Bertz CT molecular complexity index is 160. The van der Waals surface area contributed by atoms with Crippen LogP contribution in [0.1, 0.15) is 20.8 Å². The number of allylic oxidation sites excluding steroid dienone is 2. The minimum atomic E-state index is -0.00965. The van der Waals surface area contributed by atoms with Gasteiger partial charge in [-0.2, -0.15) is 0 Å². The average molecular weight is 152 g/mol. The minimum Gasteiger partial charge on any atom is -0.375 e. The molecule has 0 unspecified atom stereocenters. The van der Waals surface area contributed by atoms with Crippen molar-refractivity contribution in [3.63, 3.8) is 0 Å². The predicted octanol–water partition coefficient (Wildman–Crippen LogP) is 2.54. The van der Waals surface area contributed by atoms with Gasteiger partial charge in [-0.05, 0) is 20.8 Å². The van der Waals surface area contributed by atoms with E-state index in [0.29, 0.717) is 5.92 Å². The first-order chi connectivity index (χ1) is 5.08. The second-order valence-corrected chi connectivity index (χ2v) is 3.86. The van der Waals surface area contributed by atoms with Gasteiger partial charge in [0.25, 0.3) is 0 Å². The van der Waals surface area contributed by atoms with Crippen molar-refractivity contribution in [3.8, 4) is 0 Å². The fourth-order valence-electron chi connectivity index (χ4n) is 0.935. The lowest BCUT2D eigenvalue weighted by molar-refractivity contribution is -0.00928. The fraction of sp³-hybridized carbons (Fsp3) is 0.600. The van der Waals surface area contributed by atoms with Crippen molar-refractivity contribution in [3.05, 3.63) is 24.3 Å². The monoisotopic (exact) mass is 152 g/mol. The van der Waals surface area contributed by atoms with Gasteiger partial charge < -0.3 is 4.74 Å². The molecule has 0 aliphatic heterocycles. The molecule has 0 N–H and O–H groups in total. The van der Waals surface area contributed by atoms with Crippen LogP contribution in [0.2, 0.25) is 0 Å². The van der Waals surface area contributed by atoms with Gasteiger partial charge in [0.1, 0.15) is 0 Å². The van der Waals surface area contributed by atoms with Crippen LogP contribution >= 0.6 is 0 Å². The highest BCUT2D eigenvalue weighted by Gasteiger charge is 2.12. The molecule has 0 fully saturated rings. The maximum absolute atomic E-state index is 5.61. The Morgan fingerprint density at radius 3 is 2.18 bits per heavy atom. The van der Waals surface area contributed by atoms with Crippen molar-refractivity contribution >= 4 is 0 Å². The van der Waals surface area contributed by atoms with Gasteiger partial charge in [-0.1, -0.05) is 24.3 Å². The van der Waals surface area contributed by atoms with E-state index in [2.05, 4.69) is 45.1 Å². The van der Waals surface area contributed by atoms with Crippen molar-refractivity contribution in [1.29, 1.82) is 0 Å². The first-order valence-corrected chi connectivity index (χ1v) is 4.07. The van der Waals surface area contributed by atoms with Crippen LogP contribution in [-0.4, -0.2) is 12.2 Å². The normalized spacial score (nSPS) is 18.1. The van der Waals surface area contributed by atoms with Gasteiger partial charge >= 0.3 is 0 Å². The molecule has 1 nitrogen and oxygen atoms in total. The summed E-state index contributed by atoms with van der Waals surface area (Å²) in [6.07, 6.45) is 8.45. The molecule has 1 heteroatoms. The Morgan fingerprint density at radius 1 is 1.18 bits per heavy atom. The predicted molar refractivity (Wildman–Crippen MR) is 47.5 cm³/mol. The highest BCUT2D eigenvalue weighted by molar-refractivity contribution is 5.17. The Balaban J connectivity index is 2.23.